The largest absolute Gasteiger partial charge is 0.467 e. The third-order valence-corrected chi connectivity index (χ3v) is 3.82. The molecule has 0 spiro atoms. The van der Waals surface area contributed by atoms with E-state index < -0.39 is 48.6 Å². The van der Waals surface area contributed by atoms with Crippen LogP contribution in [0.1, 0.15) is 19.4 Å². The predicted octanol–water partition coefficient (Wildman–Crippen LogP) is 0.325. The van der Waals surface area contributed by atoms with Crippen molar-refractivity contribution in [2.45, 2.75) is 51.2 Å². The quantitative estimate of drug-likeness (QED) is 0.548. The van der Waals surface area contributed by atoms with Gasteiger partial charge < -0.3 is 28.8 Å². The van der Waals surface area contributed by atoms with Gasteiger partial charge in [-0.15, -0.1) is 0 Å². The zero-order chi connectivity index (χ0) is 20.0. The Labute approximate surface area is 156 Å². The monoisotopic (exact) mass is 382 g/mol. The number of aliphatic hydroxyl groups excluding tert-OH is 1. The SMILES string of the molecule is COC(=O)[C@H]1OC(OC(C)=O)[C@H](OC(C)=O)[C@@H](OCc2ccccc2)[C@@H]1O. The van der Waals surface area contributed by atoms with Crippen LogP contribution in [0, 0.1) is 0 Å². The molecule has 148 valence electrons. The van der Waals surface area contributed by atoms with Crippen LogP contribution >= 0.6 is 0 Å². The topological polar surface area (TPSA) is 118 Å². The molecule has 1 N–H and O–H groups in total. The maximum absolute atomic E-state index is 11.9. The molecule has 1 heterocycles. The van der Waals surface area contributed by atoms with E-state index in [-0.39, 0.29) is 6.61 Å². The van der Waals surface area contributed by atoms with Crippen molar-refractivity contribution in [2.24, 2.45) is 0 Å². The van der Waals surface area contributed by atoms with Crippen molar-refractivity contribution in [3.63, 3.8) is 0 Å². The fourth-order valence-electron chi connectivity index (χ4n) is 2.67. The van der Waals surface area contributed by atoms with Crippen molar-refractivity contribution in [2.75, 3.05) is 7.11 Å². The second kappa shape index (κ2) is 9.45. The van der Waals surface area contributed by atoms with E-state index in [9.17, 15) is 19.5 Å². The van der Waals surface area contributed by atoms with E-state index >= 15 is 0 Å². The van der Waals surface area contributed by atoms with Gasteiger partial charge in [0.05, 0.1) is 13.7 Å². The molecule has 2 rings (SSSR count). The smallest absolute Gasteiger partial charge is 0.337 e. The normalized spacial score (nSPS) is 27.5. The summed E-state index contributed by atoms with van der Waals surface area (Å²) in [6, 6.07) is 9.05. The van der Waals surface area contributed by atoms with E-state index in [0.717, 1.165) is 26.5 Å². The molecule has 0 bridgehead atoms. The van der Waals surface area contributed by atoms with Crippen molar-refractivity contribution in [3.05, 3.63) is 35.9 Å². The average Bonchev–Trinajstić information content (AvgIpc) is 2.63. The Morgan fingerprint density at radius 2 is 1.67 bits per heavy atom. The van der Waals surface area contributed by atoms with Crippen molar-refractivity contribution < 1.29 is 43.2 Å². The summed E-state index contributed by atoms with van der Waals surface area (Å²) < 4.78 is 25.9. The highest BCUT2D eigenvalue weighted by atomic mass is 16.7. The van der Waals surface area contributed by atoms with Crippen LogP contribution in [0.4, 0.5) is 0 Å². The molecule has 1 aliphatic heterocycles. The fraction of sp³-hybridized carbons (Fsp3) is 0.500. The number of esters is 3. The lowest BCUT2D eigenvalue weighted by Gasteiger charge is -2.41. The van der Waals surface area contributed by atoms with Crippen LogP contribution in [0.5, 0.6) is 0 Å². The molecule has 1 aromatic rings. The van der Waals surface area contributed by atoms with Crippen molar-refractivity contribution in [1.29, 1.82) is 0 Å². The van der Waals surface area contributed by atoms with Crippen LogP contribution < -0.4 is 0 Å². The van der Waals surface area contributed by atoms with Gasteiger partial charge in [-0.05, 0) is 5.56 Å². The number of carbonyl (C=O) groups excluding carboxylic acids is 3. The van der Waals surface area contributed by atoms with Crippen molar-refractivity contribution in [1.82, 2.24) is 0 Å². The van der Waals surface area contributed by atoms with Gasteiger partial charge in [-0.3, -0.25) is 9.59 Å². The highest BCUT2D eigenvalue weighted by molar-refractivity contribution is 5.76. The number of methoxy groups -OCH3 is 1. The van der Waals surface area contributed by atoms with Crippen molar-refractivity contribution in [3.8, 4) is 0 Å². The number of aliphatic hydroxyl groups is 1. The van der Waals surface area contributed by atoms with Gasteiger partial charge in [0.15, 0.2) is 12.2 Å². The zero-order valence-electron chi connectivity index (χ0n) is 15.2. The van der Waals surface area contributed by atoms with Crippen LogP contribution in [-0.4, -0.2) is 60.8 Å². The molecule has 1 aromatic carbocycles. The first-order valence-electron chi connectivity index (χ1n) is 8.24. The van der Waals surface area contributed by atoms with Gasteiger partial charge in [0.25, 0.3) is 0 Å². The first kappa shape index (κ1) is 20.8. The van der Waals surface area contributed by atoms with Gasteiger partial charge in [-0.2, -0.15) is 0 Å². The predicted molar refractivity (Wildman–Crippen MR) is 89.0 cm³/mol. The summed E-state index contributed by atoms with van der Waals surface area (Å²) in [7, 11) is 1.12. The molecule has 0 amide bonds. The van der Waals surface area contributed by atoms with Gasteiger partial charge in [-0.1, -0.05) is 30.3 Å². The highest BCUT2D eigenvalue weighted by Gasteiger charge is 2.52. The third-order valence-electron chi connectivity index (χ3n) is 3.82. The summed E-state index contributed by atoms with van der Waals surface area (Å²) >= 11 is 0. The Kier molecular flexibility index (Phi) is 7.28. The van der Waals surface area contributed by atoms with Crippen LogP contribution in [0.2, 0.25) is 0 Å². The Morgan fingerprint density at radius 3 is 2.22 bits per heavy atom. The molecule has 9 nitrogen and oxygen atoms in total. The first-order valence-corrected chi connectivity index (χ1v) is 8.24. The van der Waals surface area contributed by atoms with Crippen LogP contribution in [-0.2, 0) is 44.7 Å². The molecular weight excluding hydrogens is 360 g/mol. The second-order valence-electron chi connectivity index (χ2n) is 5.88. The Balaban J connectivity index is 2.28. The Hall–Kier alpha value is -2.49. The summed E-state index contributed by atoms with van der Waals surface area (Å²) in [5.74, 6) is -2.30. The summed E-state index contributed by atoms with van der Waals surface area (Å²) in [6.45, 7) is 2.34. The minimum atomic E-state index is -1.52. The Bertz CT molecular complexity index is 660. The highest BCUT2D eigenvalue weighted by Crippen LogP contribution is 2.28. The molecular formula is C18H22O9. The molecule has 27 heavy (non-hydrogen) atoms. The number of hydrogen-bond acceptors (Lipinski definition) is 9. The number of rotatable bonds is 6. The molecule has 5 atom stereocenters. The molecule has 0 aliphatic carbocycles. The van der Waals surface area contributed by atoms with Gasteiger partial charge in [-0.25, -0.2) is 4.79 Å². The third kappa shape index (κ3) is 5.49. The molecule has 1 fully saturated rings. The number of ether oxygens (including phenoxy) is 5. The Morgan fingerprint density at radius 1 is 1.04 bits per heavy atom. The minimum absolute atomic E-state index is 0.0566. The molecule has 1 saturated heterocycles. The van der Waals surface area contributed by atoms with E-state index in [2.05, 4.69) is 4.74 Å². The van der Waals surface area contributed by atoms with Crippen molar-refractivity contribution >= 4 is 17.9 Å². The maximum atomic E-state index is 11.9. The lowest BCUT2D eigenvalue weighted by Crippen LogP contribution is -2.62. The molecule has 9 heteroatoms. The molecule has 0 aromatic heterocycles. The fourth-order valence-corrected chi connectivity index (χ4v) is 2.67. The first-order chi connectivity index (χ1) is 12.8. The maximum Gasteiger partial charge on any atom is 0.337 e. The van der Waals surface area contributed by atoms with Gasteiger partial charge in [0, 0.05) is 13.8 Å². The minimum Gasteiger partial charge on any atom is -0.467 e. The summed E-state index contributed by atoms with van der Waals surface area (Å²) in [5.41, 5.74) is 0.788. The molecule has 1 unspecified atom stereocenters. The summed E-state index contributed by atoms with van der Waals surface area (Å²) in [6.07, 6.45) is -6.91. The van der Waals surface area contributed by atoms with Gasteiger partial charge >= 0.3 is 17.9 Å². The lowest BCUT2D eigenvalue weighted by molar-refractivity contribution is -0.297. The summed E-state index contributed by atoms with van der Waals surface area (Å²) in [5, 5.41) is 10.6. The number of carbonyl (C=O) groups is 3. The average molecular weight is 382 g/mol. The van der Waals surface area contributed by atoms with Crippen LogP contribution in [0.15, 0.2) is 30.3 Å². The van der Waals surface area contributed by atoms with E-state index in [1.165, 1.54) is 0 Å². The van der Waals surface area contributed by atoms with E-state index in [0.29, 0.717) is 0 Å². The summed E-state index contributed by atoms with van der Waals surface area (Å²) in [4.78, 5) is 34.8. The number of benzene rings is 1. The second-order valence-corrected chi connectivity index (χ2v) is 5.88. The lowest BCUT2D eigenvalue weighted by atomic mass is 9.98. The van der Waals surface area contributed by atoms with Gasteiger partial charge in [0.2, 0.25) is 6.29 Å². The number of hydrogen-bond donors (Lipinski definition) is 1. The molecule has 0 saturated carbocycles. The van der Waals surface area contributed by atoms with E-state index in [4.69, 9.17) is 18.9 Å². The van der Waals surface area contributed by atoms with Crippen LogP contribution in [0.25, 0.3) is 0 Å². The van der Waals surface area contributed by atoms with E-state index in [1.54, 1.807) is 12.1 Å². The van der Waals surface area contributed by atoms with Gasteiger partial charge in [0.1, 0.15) is 12.2 Å². The standard InChI is InChI=1S/C18H22O9/c1-10(19)25-16-14(24-9-12-7-5-4-6-8-12)13(21)15(17(22)23-3)27-18(16)26-11(2)20/h4-8,13-16,18,21H,9H2,1-3H3/t13-,14-,15-,16+,18?/m0/s1. The molecule has 1 aliphatic rings. The molecule has 0 radical (unpaired) electrons. The van der Waals surface area contributed by atoms with E-state index in [1.807, 2.05) is 18.2 Å². The van der Waals surface area contributed by atoms with Crippen LogP contribution in [0.3, 0.4) is 0 Å². The zero-order valence-corrected chi connectivity index (χ0v) is 15.2.